The number of para-hydroxylation sites is 1. The third kappa shape index (κ3) is 3.55. The zero-order valence-electron chi connectivity index (χ0n) is 13.5. The highest BCUT2D eigenvalue weighted by molar-refractivity contribution is 5.98. The first-order valence-corrected chi connectivity index (χ1v) is 7.69. The van der Waals surface area contributed by atoms with E-state index in [2.05, 4.69) is 10.3 Å². The van der Waals surface area contributed by atoms with Gasteiger partial charge in [-0.15, -0.1) is 0 Å². The minimum atomic E-state index is -0.556. The summed E-state index contributed by atoms with van der Waals surface area (Å²) in [6.45, 7) is 1.83. The van der Waals surface area contributed by atoms with E-state index >= 15 is 0 Å². The summed E-state index contributed by atoms with van der Waals surface area (Å²) >= 11 is 0. The SMILES string of the molecule is C[C@H](NC(=O)c1ccccc1[N+](=O)[O-])c1ccc(-n2ccnc2)cc1. The van der Waals surface area contributed by atoms with Gasteiger partial charge in [-0.3, -0.25) is 14.9 Å². The van der Waals surface area contributed by atoms with Gasteiger partial charge in [-0.05, 0) is 30.7 Å². The van der Waals surface area contributed by atoms with Crippen molar-refractivity contribution < 1.29 is 9.72 Å². The zero-order valence-corrected chi connectivity index (χ0v) is 13.5. The van der Waals surface area contributed by atoms with Gasteiger partial charge in [-0.25, -0.2) is 4.98 Å². The topological polar surface area (TPSA) is 90.1 Å². The van der Waals surface area contributed by atoms with E-state index in [9.17, 15) is 14.9 Å². The maximum Gasteiger partial charge on any atom is 0.282 e. The molecule has 0 saturated carbocycles. The van der Waals surface area contributed by atoms with Crippen molar-refractivity contribution in [3.63, 3.8) is 0 Å². The molecule has 2 aromatic carbocycles. The van der Waals surface area contributed by atoms with E-state index in [1.807, 2.05) is 42.0 Å². The number of hydrogen-bond acceptors (Lipinski definition) is 4. The second kappa shape index (κ2) is 6.96. The molecule has 0 aliphatic rings. The number of amides is 1. The number of carbonyl (C=O) groups excluding carboxylic acids is 1. The molecule has 0 spiro atoms. The van der Waals surface area contributed by atoms with Crippen LogP contribution in [-0.2, 0) is 0 Å². The summed E-state index contributed by atoms with van der Waals surface area (Å²) in [5.41, 5.74) is 1.70. The first kappa shape index (κ1) is 16.4. The lowest BCUT2D eigenvalue weighted by molar-refractivity contribution is -0.385. The Hall–Kier alpha value is -3.48. The van der Waals surface area contributed by atoms with Crippen molar-refractivity contribution in [2.24, 2.45) is 0 Å². The van der Waals surface area contributed by atoms with Gasteiger partial charge in [0.05, 0.1) is 17.3 Å². The monoisotopic (exact) mass is 336 g/mol. The van der Waals surface area contributed by atoms with Gasteiger partial charge in [0.25, 0.3) is 11.6 Å². The maximum atomic E-state index is 12.4. The van der Waals surface area contributed by atoms with Crippen molar-refractivity contribution in [2.45, 2.75) is 13.0 Å². The number of nitrogens with zero attached hydrogens (tertiary/aromatic N) is 3. The number of imidazole rings is 1. The fourth-order valence-corrected chi connectivity index (χ4v) is 2.53. The van der Waals surface area contributed by atoms with Gasteiger partial charge < -0.3 is 9.88 Å². The average molecular weight is 336 g/mol. The smallest absolute Gasteiger partial charge is 0.282 e. The van der Waals surface area contributed by atoms with Crippen molar-refractivity contribution in [3.8, 4) is 5.69 Å². The number of carbonyl (C=O) groups is 1. The Morgan fingerprint density at radius 2 is 1.92 bits per heavy atom. The van der Waals surface area contributed by atoms with E-state index in [4.69, 9.17) is 0 Å². The molecule has 0 aliphatic carbocycles. The Morgan fingerprint density at radius 1 is 1.20 bits per heavy atom. The molecule has 0 saturated heterocycles. The quantitative estimate of drug-likeness (QED) is 0.572. The molecule has 7 nitrogen and oxygen atoms in total. The minimum absolute atomic E-state index is 0.0504. The Labute approximate surface area is 144 Å². The standard InChI is InChI=1S/C18H16N4O3/c1-13(14-6-8-15(9-7-14)21-11-10-19-12-21)20-18(23)16-4-2-3-5-17(16)22(24)25/h2-13H,1H3,(H,20,23)/t13-/m0/s1. The summed E-state index contributed by atoms with van der Waals surface area (Å²) in [5, 5.41) is 13.8. The van der Waals surface area contributed by atoms with Crippen LogP contribution in [0.4, 0.5) is 5.69 Å². The van der Waals surface area contributed by atoms with Gasteiger partial charge in [0.15, 0.2) is 0 Å². The largest absolute Gasteiger partial charge is 0.345 e. The lowest BCUT2D eigenvalue weighted by atomic mass is 10.1. The summed E-state index contributed by atoms with van der Waals surface area (Å²) in [5.74, 6) is -0.474. The van der Waals surface area contributed by atoms with Gasteiger partial charge in [-0.2, -0.15) is 0 Å². The highest BCUT2D eigenvalue weighted by atomic mass is 16.6. The molecule has 7 heteroatoms. The van der Waals surface area contributed by atoms with Crippen molar-refractivity contribution in [2.75, 3.05) is 0 Å². The van der Waals surface area contributed by atoms with E-state index in [1.165, 1.54) is 18.2 Å². The summed E-state index contributed by atoms with van der Waals surface area (Å²) in [6.07, 6.45) is 5.24. The number of rotatable bonds is 5. The van der Waals surface area contributed by atoms with Crippen molar-refractivity contribution in [1.82, 2.24) is 14.9 Å². The maximum absolute atomic E-state index is 12.4. The molecule has 0 bridgehead atoms. The molecule has 0 radical (unpaired) electrons. The lowest BCUT2D eigenvalue weighted by Gasteiger charge is -2.15. The summed E-state index contributed by atoms with van der Waals surface area (Å²) < 4.78 is 1.88. The molecule has 1 N–H and O–H groups in total. The van der Waals surface area contributed by atoms with Crippen LogP contribution in [0.1, 0.15) is 28.9 Å². The van der Waals surface area contributed by atoms with Crippen LogP contribution in [0.2, 0.25) is 0 Å². The van der Waals surface area contributed by atoms with Crippen LogP contribution in [0, 0.1) is 10.1 Å². The molecular formula is C18H16N4O3. The van der Waals surface area contributed by atoms with Gasteiger partial charge in [-0.1, -0.05) is 24.3 Å². The van der Waals surface area contributed by atoms with Gasteiger partial charge in [0.2, 0.25) is 0 Å². The second-order valence-corrected chi connectivity index (χ2v) is 5.53. The summed E-state index contributed by atoms with van der Waals surface area (Å²) in [4.78, 5) is 26.9. The third-order valence-corrected chi connectivity index (χ3v) is 3.89. The summed E-state index contributed by atoms with van der Waals surface area (Å²) in [6, 6.07) is 13.3. The van der Waals surface area contributed by atoms with Crippen LogP contribution in [0.5, 0.6) is 0 Å². The molecule has 126 valence electrons. The molecule has 3 aromatic rings. The predicted octanol–water partition coefficient (Wildman–Crippen LogP) is 3.27. The molecule has 0 fully saturated rings. The highest BCUT2D eigenvalue weighted by Gasteiger charge is 2.20. The number of nitro benzene ring substituents is 1. The van der Waals surface area contributed by atoms with Crippen LogP contribution in [0.15, 0.2) is 67.3 Å². The number of hydrogen-bond donors (Lipinski definition) is 1. The molecule has 0 unspecified atom stereocenters. The molecule has 1 amide bonds. The van der Waals surface area contributed by atoms with Gasteiger partial charge >= 0.3 is 0 Å². The van der Waals surface area contributed by atoms with Crippen LogP contribution in [0.25, 0.3) is 5.69 Å². The van der Waals surface area contributed by atoms with Crippen molar-refractivity contribution in [3.05, 3.63) is 88.5 Å². The first-order valence-electron chi connectivity index (χ1n) is 7.69. The number of nitro groups is 1. The molecule has 3 rings (SSSR count). The van der Waals surface area contributed by atoms with Crippen molar-refractivity contribution >= 4 is 11.6 Å². The molecule has 0 aliphatic heterocycles. The average Bonchev–Trinajstić information content (AvgIpc) is 3.16. The minimum Gasteiger partial charge on any atom is -0.345 e. The molecular weight excluding hydrogens is 320 g/mol. The molecule has 1 atom stereocenters. The van der Waals surface area contributed by atoms with E-state index in [-0.39, 0.29) is 17.3 Å². The van der Waals surface area contributed by atoms with E-state index < -0.39 is 10.8 Å². The van der Waals surface area contributed by atoms with E-state index in [0.717, 1.165) is 11.3 Å². The fraction of sp³-hybridized carbons (Fsp3) is 0.111. The Bertz CT molecular complexity index is 889. The Balaban J connectivity index is 1.75. The molecule has 1 aromatic heterocycles. The number of benzene rings is 2. The van der Waals surface area contributed by atoms with E-state index in [1.54, 1.807) is 18.6 Å². The second-order valence-electron chi connectivity index (χ2n) is 5.53. The van der Waals surface area contributed by atoms with Crippen LogP contribution >= 0.6 is 0 Å². The molecule has 25 heavy (non-hydrogen) atoms. The normalized spacial score (nSPS) is 11.7. The predicted molar refractivity (Wildman–Crippen MR) is 92.5 cm³/mol. The van der Waals surface area contributed by atoms with Crippen LogP contribution in [-0.4, -0.2) is 20.4 Å². The van der Waals surface area contributed by atoms with Crippen molar-refractivity contribution in [1.29, 1.82) is 0 Å². The number of aromatic nitrogens is 2. The zero-order chi connectivity index (χ0) is 17.8. The number of nitrogens with one attached hydrogen (secondary N) is 1. The molecule has 1 heterocycles. The van der Waals surface area contributed by atoms with Gasteiger partial charge in [0, 0.05) is 24.1 Å². The Kier molecular flexibility index (Phi) is 4.56. The van der Waals surface area contributed by atoms with Crippen LogP contribution in [0.3, 0.4) is 0 Å². The third-order valence-electron chi connectivity index (χ3n) is 3.89. The Morgan fingerprint density at radius 3 is 2.56 bits per heavy atom. The summed E-state index contributed by atoms with van der Waals surface area (Å²) in [7, 11) is 0. The highest BCUT2D eigenvalue weighted by Crippen LogP contribution is 2.20. The van der Waals surface area contributed by atoms with Crippen LogP contribution < -0.4 is 5.32 Å². The lowest BCUT2D eigenvalue weighted by Crippen LogP contribution is -2.27. The van der Waals surface area contributed by atoms with Gasteiger partial charge in [0.1, 0.15) is 5.56 Å². The van der Waals surface area contributed by atoms with E-state index in [0.29, 0.717) is 0 Å². The first-order chi connectivity index (χ1) is 12.1. The fourth-order valence-electron chi connectivity index (χ4n) is 2.53.